The quantitative estimate of drug-likeness (QED) is 0.705. The molecule has 0 radical (unpaired) electrons. The van der Waals surface area contributed by atoms with Gasteiger partial charge in [0.15, 0.2) is 5.58 Å². The summed E-state index contributed by atoms with van der Waals surface area (Å²) in [5.41, 5.74) is 5.62. The van der Waals surface area contributed by atoms with Crippen LogP contribution in [0.3, 0.4) is 0 Å². The van der Waals surface area contributed by atoms with Crippen LogP contribution in [-0.2, 0) is 10.0 Å². The first-order valence-electron chi connectivity index (χ1n) is 5.55. The van der Waals surface area contributed by atoms with Crippen molar-refractivity contribution in [3.63, 3.8) is 0 Å². The summed E-state index contributed by atoms with van der Waals surface area (Å²) in [6.07, 6.45) is 0. The van der Waals surface area contributed by atoms with E-state index in [0.717, 1.165) is 0 Å². The molecule has 0 saturated heterocycles. The molecule has 0 aliphatic carbocycles. The zero-order valence-corrected chi connectivity index (χ0v) is 11.6. The number of sulfonamides is 1. The van der Waals surface area contributed by atoms with Gasteiger partial charge in [-0.05, 0) is 26.8 Å². The monoisotopic (exact) mass is 285 g/mol. The molecular formula is C11H15N3O4S. The molecule has 1 aromatic heterocycles. The highest BCUT2D eigenvalue weighted by atomic mass is 32.2. The third kappa shape index (κ3) is 2.79. The van der Waals surface area contributed by atoms with Crippen LogP contribution in [0, 0.1) is 0 Å². The van der Waals surface area contributed by atoms with E-state index in [1.165, 1.54) is 12.1 Å². The molecule has 1 aromatic carbocycles. The van der Waals surface area contributed by atoms with Crippen LogP contribution in [0.25, 0.3) is 11.1 Å². The van der Waals surface area contributed by atoms with Crippen LogP contribution in [0.4, 0.5) is 5.69 Å². The van der Waals surface area contributed by atoms with E-state index in [2.05, 4.69) is 9.71 Å². The molecule has 0 unspecified atom stereocenters. The molecule has 104 valence electrons. The van der Waals surface area contributed by atoms with E-state index in [1.54, 1.807) is 20.8 Å². The molecule has 0 spiro atoms. The van der Waals surface area contributed by atoms with Crippen molar-refractivity contribution < 1.29 is 12.8 Å². The van der Waals surface area contributed by atoms with Crippen molar-refractivity contribution in [2.24, 2.45) is 0 Å². The topological polar surface area (TPSA) is 118 Å². The van der Waals surface area contributed by atoms with Crippen molar-refractivity contribution >= 4 is 26.8 Å². The molecule has 0 fully saturated rings. The molecule has 0 bridgehead atoms. The molecule has 0 aliphatic rings. The minimum atomic E-state index is -3.73. The maximum absolute atomic E-state index is 12.2. The average Bonchev–Trinajstić information content (AvgIpc) is 2.55. The fourth-order valence-corrected chi connectivity index (χ4v) is 3.14. The van der Waals surface area contributed by atoms with Gasteiger partial charge in [-0.1, -0.05) is 0 Å². The van der Waals surface area contributed by atoms with Gasteiger partial charge in [0.2, 0.25) is 10.0 Å². The number of aromatic amines is 1. The van der Waals surface area contributed by atoms with Crippen LogP contribution < -0.4 is 16.2 Å². The predicted octanol–water partition coefficient (Wildman–Crippen LogP) is 0.780. The number of benzene rings is 1. The van der Waals surface area contributed by atoms with Gasteiger partial charge in [-0.25, -0.2) is 17.9 Å². The average molecular weight is 285 g/mol. The predicted molar refractivity (Wildman–Crippen MR) is 71.3 cm³/mol. The molecule has 1 heterocycles. The first-order valence-corrected chi connectivity index (χ1v) is 7.03. The van der Waals surface area contributed by atoms with Crippen molar-refractivity contribution in [3.05, 3.63) is 22.7 Å². The SMILES string of the molecule is CC(C)(C)NS(=O)(=O)c1cc(N)c2[nH]c(=O)oc2c1. The zero-order valence-electron chi connectivity index (χ0n) is 10.8. The lowest BCUT2D eigenvalue weighted by atomic mass is 10.1. The van der Waals surface area contributed by atoms with E-state index in [1.807, 2.05) is 0 Å². The lowest BCUT2D eigenvalue weighted by molar-refractivity contribution is 0.491. The van der Waals surface area contributed by atoms with E-state index in [-0.39, 0.29) is 16.2 Å². The molecular weight excluding hydrogens is 270 g/mol. The van der Waals surface area contributed by atoms with Gasteiger partial charge in [-0.15, -0.1) is 0 Å². The number of fused-ring (bicyclic) bond motifs is 1. The highest BCUT2D eigenvalue weighted by Crippen LogP contribution is 2.23. The largest absolute Gasteiger partial charge is 0.417 e. The summed E-state index contributed by atoms with van der Waals surface area (Å²) < 4.78 is 31.6. The Labute approximate surface area is 109 Å². The Hall–Kier alpha value is -1.80. The second-order valence-electron chi connectivity index (χ2n) is 5.26. The molecule has 19 heavy (non-hydrogen) atoms. The summed E-state index contributed by atoms with van der Waals surface area (Å²) in [5.74, 6) is -0.681. The molecule has 0 amide bonds. The van der Waals surface area contributed by atoms with E-state index >= 15 is 0 Å². The number of H-pyrrole nitrogens is 1. The molecule has 7 nitrogen and oxygen atoms in total. The van der Waals surface area contributed by atoms with Crippen LogP contribution in [-0.4, -0.2) is 18.9 Å². The fourth-order valence-electron chi connectivity index (χ4n) is 1.67. The van der Waals surface area contributed by atoms with Crippen molar-refractivity contribution in [2.75, 3.05) is 5.73 Å². The molecule has 0 aliphatic heterocycles. The van der Waals surface area contributed by atoms with Gasteiger partial charge in [-0.2, -0.15) is 0 Å². The van der Waals surface area contributed by atoms with Crippen molar-refractivity contribution in [1.82, 2.24) is 9.71 Å². The summed E-state index contributed by atoms with van der Waals surface area (Å²) in [6, 6.07) is 2.54. The number of nitrogens with one attached hydrogen (secondary N) is 2. The van der Waals surface area contributed by atoms with E-state index in [9.17, 15) is 13.2 Å². The first kappa shape index (κ1) is 13.6. The van der Waals surface area contributed by atoms with Crippen LogP contribution in [0.1, 0.15) is 20.8 Å². The van der Waals surface area contributed by atoms with Gasteiger partial charge in [0.1, 0.15) is 5.52 Å². The molecule has 2 aromatic rings. The second kappa shape index (κ2) is 4.10. The minimum absolute atomic E-state index is 0.0461. The van der Waals surface area contributed by atoms with Gasteiger partial charge >= 0.3 is 5.76 Å². The Bertz CT molecular complexity index is 780. The summed E-state index contributed by atoms with van der Waals surface area (Å²) in [6.45, 7) is 5.18. The van der Waals surface area contributed by atoms with Gasteiger partial charge in [0.25, 0.3) is 0 Å². The van der Waals surface area contributed by atoms with Gasteiger partial charge in [0.05, 0.1) is 10.6 Å². The summed E-state index contributed by atoms with van der Waals surface area (Å²) in [7, 11) is -3.73. The number of nitrogens with two attached hydrogens (primary N) is 1. The standard InChI is InChI=1S/C11H15N3O4S/c1-11(2,3)14-19(16,17)6-4-7(12)9-8(5-6)18-10(15)13-9/h4-5,14H,12H2,1-3H3,(H,13,15). The summed E-state index contributed by atoms with van der Waals surface area (Å²) >= 11 is 0. The zero-order chi connectivity index (χ0) is 14.4. The highest BCUT2D eigenvalue weighted by Gasteiger charge is 2.23. The maximum atomic E-state index is 12.2. The van der Waals surface area contributed by atoms with Crippen LogP contribution in [0.5, 0.6) is 0 Å². The van der Waals surface area contributed by atoms with Crippen molar-refractivity contribution in [3.8, 4) is 0 Å². The van der Waals surface area contributed by atoms with Crippen molar-refractivity contribution in [2.45, 2.75) is 31.2 Å². The number of anilines is 1. The highest BCUT2D eigenvalue weighted by molar-refractivity contribution is 7.89. The molecule has 4 N–H and O–H groups in total. The molecule has 8 heteroatoms. The number of hydrogen-bond acceptors (Lipinski definition) is 5. The summed E-state index contributed by atoms with van der Waals surface area (Å²) in [4.78, 5) is 13.4. The molecule has 0 atom stereocenters. The minimum Gasteiger partial charge on any atom is -0.408 e. The van der Waals surface area contributed by atoms with Gasteiger partial charge in [-0.3, -0.25) is 4.98 Å². The Morgan fingerprint density at radius 1 is 1.32 bits per heavy atom. The van der Waals surface area contributed by atoms with Crippen LogP contribution >= 0.6 is 0 Å². The Kier molecular flexibility index (Phi) is 2.94. The van der Waals surface area contributed by atoms with Crippen LogP contribution in [0.2, 0.25) is 0 Å². The van der Waals surface area contributed by atoms with E-state index in [0.29, 0.717) is 5.52 Å². The molecule has 2 rings (SSSR count). The summed E-state index contributed by atoms with van der Waals surface area (Å²) in [5, 5.41) is 0. The third-order valence-corrected chi connectivity index (χ3v) is 4.02. The fraction of sp³-hybridized carbons (Fsp3) is 0.364. The Morgan fingerprint density at radius 2 is 1.95 bits per heavy atom. The number of rotatable bonds is 2. The lowest BCUT2D eigenvalue weighted by Gasteiger charge is -2.20. The number of nitrogen functional groups attached to an aromatic ring is 1. The maximum Gasteiger partial charge on any atom is 0.417 e. The van der Waals surface area contributed by atoms with E-state index < -0.39 is 21.3 Å². The number of oxazole rings is 1. The van der Waals surface area contributed by atoms with Crippen molar-refractivity contribution in [1.29, 1.82) is 0 Å². The number of hydrogen-bond donors (Lipinski definition) is 3. The number of aromatic nitrogens is 1. The lowest BCUT2D eigenvalue weighted by Crippen LogP contribution is -2.40. The molecule has 0 saturated carbocycles. The van der Waals surface area contributed by atoms with Crippen LogP contribution in [0.15, 0.2) is 26.2 Å². The normalized spacial score (nSPS) is 13.0. The first-order chi connectivity index (χ1) is 8.58. The Balaban J connectivity index is 2.60. The smallest absolute Gasteiger partial charge is 0.408 e. The van der Waals surface area contributed by atoms with Gasteiger partial charge < -0.3 is 10.2 Å². The second-order valence-corrected chi connectivity index (χ2v) is 6.94. The third-order valence-electron chi connectivity index (χ3n) is 2.29. The Morgan fingerprint density at radius 3 is 2.53 bits per heavy atom. The van der Waals surface area contributed by atoms with E-state index in [4.69, 9.17) is 10.2 Å². The van der Waals surface area contributed by atoms with Gasteiger partial charge in [0, 0.05) is 11.6 Å².